The smallest absolute Gasteiger partial charge is 0.329 e. The van der Waals surface area contributed by atoms with E-state index < -0.39 is 22.5 Å². The summed E-state index contributed by atoms with van der Waals surface area (Å²) in [6, 6.07) is 25.6. The van der Waals surface area contributed by atoms with Crippen LogP contribution < -0.4 is 21.3 Å². The molecule has 0 saturated heterocycles. The van der Waals surface area contributed by atoms with E-state index in [-0.39, 0.29) is 11.0 Å². The molecule has 3 heterocycles. The molecule has 1 aliphatic carbocycles. The van der Waals surface area contributed by atoms with Crippen molar-refractivity contribution in [2.75, 3.05) is 19.0 Å². The van der Waals surface area contributed by atoms with Crippen LogP contribution in [0.3, 0.4) is 0 Å². The number of aromatic nitrogens is 2. The number of allylic oxidation sites excluding steroid dienone is 7. The van der Waals surface area contributed by atoms with Gasteiger partial charge in [0.1, 0.15) is 7.05 Å². The van der Waals surface area contributed by atoms with Gasteiger partial charge in [0.25, 0.3) is 5.56 Å². The normalized spacial score (nSPS) is 19.1. The Morgan fingerprint density at radius 3 is 2.08 bits per heavy atom. The van der Waals surface area contributed by atoms with Crippen LogP contribution in [0.5, 0.6) is 5.88 Å². The fourth-order valence-electron chi connectivity index (χ4n) is 9.47. The minimum absolute atomic E-state index is 0.0123. The lowest BCUT2D eigenvalue weighted by atomic mass is 9.75. The van der Waals surface area contributed by atoms with Crippen LogP contribution in [0, 0.1) is 0 Å². The Balaban J connectivity index is 1.33. The lowest BCUT2D eigenvalue weighted by molar-refractivity contribution is -0.401. The van der Waals surface area contributed by atoms with E-state index in [1.807, 2.05) is 0 Å². The molecule has 0 spiro atoms. The van der Waals surface area contributed by atoms with Crippen LogP contribution in [0.25, 0.3) is 27.1 Å². The molecule has 0 bridgehead atoms. The largest absolute Gasteiger partial charge is 0.859 e. The molecule has 0 fully saturated rings. The van der Waals surface area contributed by atoms with Crippen molar-refractivity contribution < 1.29 is 9.68 Å². The van der Waals surface area contributed by atoms with Gasteiger partial charge in [-0.05, 0) is 94.6 Å². The van der Waals surface area contributed by atoms with Gasteiger partial charge >= 0.3 is 5.69 Å². The highest BCUT2D eigenvalue weighted by molar-refractivity contribution is 6.14. The van der Waals surface area contributed by atoms with Crippen LogP contribution in [0.1, 0.15) is 57.2 Å². The van der Waals surface area contributed by atoms with Gasteiger partial charge in [-0.15, -0.1) is 0 Å². The quantitative estimate of drug-likeness (QED) is 0.183. The summed E-state index contributed by atoms with van der Waals surface area (Å²) in [7, 11) is 7.04. The number of rotatable bonds is 4. The second-order valence-corrected chi connectivity index (χ2v) is 15.5. The van der Waals surface area contributed by atoms with Gasteiger partial charge in [-0.3, -0.25) is 9.36 Å². The highest BCUT2D eigenvalue weighted by atomic mass is 16.3. The number of likely N-dealkylation sites (N-methyl/N-ethyl adjacent to an activating group) is 1. The van der Waals surface area contributed by atoms with Crippen LogP contribution in [0.15, 0.2) is 124 Å². The summed E-state index contributed by atoms with van der Waals surface area (Å²) >= 11 is 0. The van der Waals surface area contributed by atoms with Gasteiger partial charge in [-0.1, -0.05) is 81.1 Å². The summed E-state index contributed by atoms with van der Waals surface area (Å²) in [5, 5.41) is 18.8. The standard InChI is InChI=1S/C45H44N4O3/c1-26(40-45(4,5)39-32-17-13-11-15-28(32)20-24-34(39)47(40)7)30-22-18-29(36(30)37-41(50)48(8)43(52)49(9)42(37)51)21-25-35-44(2,3)38-31-16-12-10-14-27(31)19-23-33(38)46(35)6/h10-17,19-21,23-25H,1,18,22H2,2-9H3/b29-21+,35-25+. The van der Waals surface area contributed by atoms with Crippen molar-refractivity contribution in [3.8, 4) is 5.88 Å². The zero-order valence-corrected chi connectivity index (χ0v) is 31.2. The molecule has 2 aliphatic heterocycles. The third-order valence-corrected chi connectivity index (χ3v) is 11.9. The molecule has 3 aliphatic rings. The molecular weight excluding hydrogens is 645 g/mol. The topological polar surface area (TPSA) is 73.3 Å². The van der Waals surface area contributed by atoms with Crippen molar-refractivity contribution in [1.29, 1.82) is 0 Å². The third-order valence-electron chi connectivity index (χ3n) is 11.9. The monoisotopic (exact) mass is 688 g/mol. The Morgan fingerprint density at radius 2 is 1.40 bits per heavy atom. The lowest BCUT2D eigenvalue weighted by Gasteiger charge is -2.25. The van der Waals surface area contributed by atoms with E-state index in [1.165, 1.54) is 46.8 Å². The maximum Gasteiger partial charge on any atom is 0.329 e. The van der Waals surface area contributed by atoms with Crippen LogP contribution in [0.2, 0.25) is 0 Å². The molecule has 0 saturated carbocycles. The van der Waals surface area contributed by atoms with Crippen molar-refractivity contribution in [3.63, 3.8) is 0 Å². The Bertz CT molecular complexity index is 2690. The molecule has 1 aromatic heterocycles. The SMILES string of the molecule is C=C(C1=C(c2c([O-])n(C)c(=O)n(C)c2=O)/C(=C/C=C2/N(C)c3ccc4ccccc4c3C2(C)C)CC1)C1=[N+](C)c2ccc3ccccc3c2C1(C)C. The second kappa shape index (κ2) is 11.4. The third kappa shape index (κ3) is 4.47. The average Bonchev–Trinajstić information content (AvgIpc) is 3.70. The molecule has 4 aromatic carbocycles. The molecule has 5 aromatic rings. The molecule has 262 valence electrons. The first-order valence-corrected chi connectivity index (χ1v) is 17.9. The van der Waals surface area contributed by atoms with Crippen molar-refractivity contribution in [2.45, 2.75) is 51.4 Å². The first-order valence-electron chi connectivity index (χ1n) is 17.9. The lowest BCUT2D eigenvalue weighted by Crippen LogP contribution is -2.40. The van der Waals surface area contributed by atoms with E-state index in [1.54, 1.807) is 0 Å². The van der Waals surface area contributed by atoms with Crippen molar-refractivity contribution in [3.05, 3.63) is 151 Å². The summed E-state index contributed by atoms with van der Waals surface area (Å²) in [4.78, 5) is 29.2. The van der Waals surface area contributed by atoms with Gasteiger partial charge in [0.2, 0.25) is 5.69 Å². The van der Waals surface area contributed by atoms with Crippen LogP contribution in [0.4, 0.5) is 11.4 Å². The van der Waals surface area contributed by atoms with E-state index in [0.717, 1.165) is 48.6 Å². The van der Waals surface area contributed by atoms with Gasteiger partial charge in [0, 0.05) is 55.1 Å². The molecule has 0 amide bonds. The zero-order chi connectivity index (χ0) is 37.0. The first kappa shape index (κ1) is 33.5. The molecule has 8 rings (SSSR count). The maximum absolute atomic E-state index is 14.0. The maximum atomic E-state index is 14.0. The molecule has 52 heavy (non-hydrogen) atoms. The Kier molecular flexibility index (Phi) is 7.34. The van der Waals surface area contributed by atoms with E-state index in [0.29, 0.717) is 18.4 Å². The van der Waals surface area contributed by atoms with Crippen LogP contribution in [-0.4, -0.2) is 33.5 Å². The van der Waals surface area contributed by atoms with E-state index >= 15 is 0 Å². The zero-order valence-electron chi connectivity index (χ0n) is 31.2. The number of anilines is 1. The molecule has 0 unspecified atom stereocenters. The summed E-state index contributed by atoms with van der Waals surface area (Å²) in [6.45, 7) is 13.7. The van der Waals surface area contributed by atoms with Gasteiger partial charge in [-0.25, -0.2) is 4.79 Å². The Labute approximate surface area is 304 Å². The second-order valence-electron chi connectivity index (χ2n) is 15.5. The van der Waals surface area contributed by atoms with E-state index in [2.05, 4.69) is 136 Å². The van der Waals surface area contributed by atoms with Crippen molar-refractivity contribution in [1.82, 2.24) is 9.13 Å². The number of hydrogen-bond acceptors (Lipinski definition) is 4. The molecule has 7 heteroatoms. The molecule has 0 atom stereocenters. The number of hydrogen-bond donors (Lipinski definition) is 0. The summed E-state index contributed by atoms with van der Waals surface area (Å²) < 4.78 is 4.29. The average molecular weight is 689 g/mol. The Morgan fingerprint density at radius 1 is 0.788 bits per heavy atom. The van der Waals surface area contributed by atoms with Gasteiger partial charge in [0.05, 0.1) is 11.0 Å². The van der Waals surface area contributed by atoms with Crippen molar-refractivity contribution in [2.24, 2.45) is 14.1 Å². The minimum atomic E-state index is -0.641. The van der Waals surface area contributed by atoms with E-state index in [9.17, 15) is 14.7 Å². The number of benzene rings is 4. The summed E-state index contributed by atoms with van der Waals surface area (Å²) in [6.07, 6.45) is 5.45. The molecule has 7 nitrogen and oxygen atoms in total. The minimum Gasteiger partial charge on any atom is -0.859 e. The Hall–Kier alpha value is -5.69. The fraction of sp³-hybridized carbons (Fsp3) is 0.267. The van der Waals surface area contributed by atoms with Crippen LogP contribution in [-0.2, 0) is 24.9 Å². The van der Waals surface area contributed by atoms with Crippen LogP contribution >= 0.6 is 0 Å². The van der Waals surface area contributed by atoms with Crippen molar-refractivity contribution >= 4 is 44.2 Å². The van der Waals surface area contributed by atoms with Gasteiger partial charge in [0.15, 0.2) is 5.71 Å². The van der Waals surface area contributed by atoms with E-state index in [4.69, 9.17) is 6.58 Å². The highest BCUT2D eigenvalue weighted by Gasteiger charge is 2.48. The highest BCUT2D eigenvalue weighted by Crippen LogP contribution is 2.52. The number of fused-ring (bicyclic) bond motifs is 6. The molecule has 0 N–H and O–H groups in total. The number of nitrogens with zero attached hydrogens (tertiary/aromatic N) is 4. The van der Waals surface area contributed by atoms with Gasteiger partial charge in [-0.2, -0.15) is 4.58 Å². The first-order chi connectivity index (χ1) is 24.7. The predicted molar refractivity (Wildman–Crippen MR) is 211 cm³/mol. The summed E-state index contributed by atoms with van der Waals surface area (Å²) in [5.41, 5.74) is 8.08. The molecule has 0 radical (unpaired) electrons. The summed E-state index contributed by atoms with van der Waals surface area (Å²) in [5.74, 6) is -0.593. The fourth-order valence-corrected chi connectivity index (χ4v) is 9.47. The predicted octanol–water partition coefficient (Wildman–Crippen LogP) is 7.51. The van der Waals surface area contributed by atoms with Gasteiger partial charge < -0.3 is 14.6 Å². The molecular formula is C45H44N4O3.